The molecule has 0 unspecified atom stereocenters. The summed E-state index contributed by atoms with van der Waals surface area (Å²) in [7, 11) is -3.67. The van der Waals surface area contributed by atoms with E-state index < -0.39 is 10.0 Å². The summed E-state index contributed by atoms with van der Waals surface area (Å²) >= 11 is 0. The minimum atomic E-state index is -3.67. The third-order valence-corrected chi connectivity index (χ3v) is 3.07. The van der Waals surface area contributed by atoms with Gasteiger partial charge in [-0.2, -0.15) is 0 Å². The first-order valence-electron chi connectivity index (χ1n) is 4.55. The summed E-state index contributed by atoms with van der Waals surface area (Å²) in [6, 6.07) is 4.58. The van der Waals surface area contributed by atoms with E-state index in [0.29, 0.717) is 5.69 Å². The molecule has 0 heterocycles. The van der Waals surface area contributed by atoms with E-state index in [-0.39, 0.29) is 10.3 Å². The minimum Gasteiger partial charge on any atom is -0.398 e. The number of hydrogen-bond donors (Lipinski definition) is 2. The van der Waals surface area contributed by atoms with E-state index in [2.05, 4.69) is 0 Å². The average molecular weight is 228 g/mol. The summed E-state index contributed by atoms with van der Waals surface area (Å²) in [6.07, 6.45) is 0. The van der Waals surface area contributed by atoms with Crippen molar-refractivity contribution in [2.24, 2.45) is 5.14 Å². The maximum absolute atomic E-state index is 11.1. The van der Waals surface area contributed by atoms with Crippen LogP contribution in [0.25, 0.3) is 0 Å². The van der Waals surface area contributed by atoms with Crippen LogP contribution >= 0.6 is 0 Å². The van der Waals surface area contributed by atoms with Crippen molar-refractivity contribution in [3.05, 3.63) is 23.8 Å². The largest absolute Gasteiger partial charge is 0.398 e. The maximum atomic E-state index is 11.1. The van der Waals surface area contributed by atoms with Crippen LogP contribution in [-0.4, -0.2) is 8.42 Å². The van der Waals surface area contributed by atoms with Gasteiger partial charge in [-0.3, -0.25) is 0 Å². The maximum Gasteiger partial charge on any atom is 0.238 e. The summed E-state index contributed by atoms with van der Waals surface area (Å²) in [5.74, 6) is 0. The van der Waals surface area contributed by atoms with Gasteiger partial charge < -0.3 is 5.73 Å². The Balaban J connectivity index is 3.34. The number of benzene rings is 1. The zero-order valence-corrected chi connectivity index (χ0v) is 9.93. The van der Waals surface area contributed by atoms with E-state index in [1.165, 1.54) is 12.1 Å². The summed E-state index contributed by atoms with van der Waals surface area (Å²) in [4.78, 5) is 0.0491. The van der Waals surface area contributed by atoms with Crippen molar-refractivity contribution in [2.75, 3.05) is 5.73 Å². The molecule has 0 fully saturated rings. The smallest absolute Gasteiger partial charge is 0.238 e. The zero-order chi connectivity index (χ0) is 11.9. The van der Waals surface area contributed by atoms with Crippen molar-refractivity contribution in [3.63, 3.8) is 0 Å². The molecule has 0 aromatic heterocycles. The number of rotatable bonds is 1. The van der Waals surface area contributed by atoms with Gasteiger partial charge in [0, 0.05) is 5.69 Å². The van der Waals surface area contributed by atoms with Gasteiger partial charge in [0.15, 0.2) is 0 Å². The van der Waals surface area contributed by atoms with Gasteiger partial charge >= 0.3 is 0 Å². The fourth-order valence-electron chi connectivity index (χ4n) is 1.40. The Morgan fingerprint density at radius 3 is 2.07 bits per heavy atom. The Morgan fingerprint density at radius 2 is 1.73 bits per heavy atom. The van der Waals surface area contributed by atoms with Crippen molar-refractivity contribution >= 4 is 15.7 Å². The highest BCUT2D eigenvalue weighted by atomic mass is 32.2. The van der Waals surface area contributed by atoms with Crippen molar-refractivity contribution in [1.29, 1.82) is 0 Å². The van der Waals surface area contributed by atoms with Gasteiger partial charge in [0.25, 0.3) is 0 Å². The number of nitrogen functional groups attached to an aromatic ring is 1. The normalized spacial score (nSPS) is 12.8. The first-order chi connectivity index (χ1) is 6.62. The van der Waals surface area contributed by atoms with Crippen LogP contribution in [0.1, 0.15) is 26.3 Å². The van der Waals surface area contributed by atoms with Crippen molar-refractivity contribution in [1.82, 2.24) is 0 Å². The van der Waals surface area contributed by atoms with Gasteiger partial charge in [0.2, 0.25) is 10.0 Å². The summed E-state index contributed by atoms with van der Waals surface area (Å²) in [5.41, 5.74) is 7.04. The van der Waals surface area contributed by atoms with Gasteiger partial charge in [-0.05, 0) is 23.1 Å². The Morgan fingerprint density at radius 1 is 1.20 bits per heavy atom. The second-order valence-electron chi connectivity index (χ2n) is 4.54. The predicted molar refractivity (Wildman–Crippen MR) is 60.9 cm³/mol. The number of anilines is 1. The molecule has 0 amide bonds. The zero-order valence-electron chi connectivity index (χ0n) is 9.11. The molecule has 0 aliphatic carbocycles. The number of primary sulfonamides is 1. The van der Waals surface area contributed by atoms with E-state index in [1.54, 1.807) is 6.07 Å². The Bertz CT molecular complexity index is 473. The van der Waals surface area contributed by atoms with Crippen LogP contribution in [0.5, 0.6) is 0 Å². The van der Waals surface area contributed by atoms with Crippen LogP contribution in [0, 0.1) is 0 Å². The van der Waals surface area contributed by atoms with Crippen molar-refractivity contribution in [2.45, 2.75) is 31.1 Å². The van der Waals surface area contributed by atoms with Crippen LogP contribution < -0.4 is 10.9 Å². The lowest BCUT2D eigenvalue weighted by Crippen LogP contribution is -2.16. The number of hydrogen-bond acceptors (Lipinski definition) is 3. The molecule has 0 bridgehead atoms. The first-order valence-corrected chi connectivity index (χ1v) is 6.10. The topological polar surface area (TPSA) is 86.2 Å². The highest BCUT2D eigenvalue weighted by molar-refractivity contribution is 7.89. The Kier molecular flexibility index (Phi) is 2.80. The Labute approximate surface area is 90.3 Å². The number of sulfonamides is 1. The molecule has 15 heavy (non-hydrogen) atoms. The summed E-state index contributed by atoms with van der Waals surface area (Å²) in [6.45, 7) is 6.03. The summed E-state index contributed by atoms with van der Waals surface area (Å²) < 4.78 is 22.1. The molecule has 4 N–H and O–H groups in total. The van der Waals surface area contributed by atoms with E-state index in [9.17, 15) is 8.42 Å². The third-order valence-electron chi connectivity index (χ3n) is 2.16. The van der Waals surface area contributed by atoms with Gasteiger partial charge in [0.1, 0.15) is 0 Å². The van der Waals surface area contributed by atoms with Crippen LogP contribution in [0.4, 0.5) is 5.69 Å². The highest BCUT2D eigenvalue weighted by Crippen LogP contribution is 2.29. The molecule has 0 radical (unpaired) electrons. The van der Waals surface area contributed by atoms with Crippen LogP contribution in [0.15, 0.2) is 23.1 Å². The lowest BCUT2D eigenvalue weighted by molar-refractivity contribution is 0.588. The van der Waals surface area contributed by atoms with Crippen LogP contribution in [0.3, 0.4) is 0 Å². The SMILES string of the molecule is CC(C)(C)c1ccc(S(N)(=O)=O)cc1N. The first kappa shape index (κ1) is 12.0. The minimum absolute atomic E-state index is 0.0491. The third kappa shape index (κ3) is 2.70. The molecule has 0 aliphatic heterocycles. The molecule has 0 spiro atoms. The lowest BCUT2D eigenvalue weighted by atomic mass is 9.86. The molecule has 1 aromatic rings. The van der Waals surface area contributed by atoms with Gasteiger partial charge in [-0.1, -0.05) is 26.8 Å². The monoisotopic (exact) mass is 228 g/mol. The fourth-order valence-corrected chi connectivity index (χ4v) is 1.95. The predicted octanol–water partition coefficient (Wildman–Crippen LogP) is 1.21. The highest BCUT2D eigenvalue weighted by Gasteiger charge is 2.18. The van der Waals surface area contributed by atoms with Crippen molar-refractivity contribution in [3.8, 4) is 0 Å². The van der Waals surface area contributed by atoms with Gasteiger partial charge in [-0.25, -0.2) is 13.6 Å². The molecule has 0 atom stereocenters. The van der Waals surface area contributed by atoms with Gasteiger partial charge in [-0.15, -0.1) is 0 Å². The Hall–Kier alpha value is -1.07. The van der Waals surface area contributed by atoms with E-state index in [0.717, 1.165) is 5.56 Å². The molecular weight excluding hydrogens is 212 g/mol. The van der Waals surface area contributed by atoms with Crippen LogP contribution in [-0.2, 0) is 15.4 Å². The molecule has 1 aromatic carbocycles. The van der Waals surface area contributed by atoms with E-state index in [4.69, 9.17) is 10.9 Å². The molecular formula is C10H16N2O2S. The molecule has 0 saturated carbocycles. The van der Waals surface area contributed by atoms with E-state index >= 15 is 0 Å². The fraction of sp³-hybridized carbons (Fsp3) is 0.400. The molecule has 4 nitrogen and oxygen atoms in total. The standard InChI is InChI=1S/C10H16N2O2S/c1-10(2,3)8-5-4-7(6-9(8)11)15(12,13)14/h4-6H,11H2,1-3H3,(H2,12,13,14). The summed E-state index contributed by atoms with van der Waals surface area (Å²) in [5, 5.41) is 5.00. The van der Waals surface area contributed by atoms with Gasteiger partial charge in [0.05, 0.1) is 4.90 Å². The number of nitrogens with two attached hydrogens (primary N) is 2. The molecule has 1 rings (SSSR count). The van der Waals surface area contributed by atoms with Crippen molar-refractivity contribution < 1.29 is 8.42 Å². The molecule has 0 saturated heterocycles. The molecule has 84 valence electrons. The second kappa shape index (κ2) is 3.50. The lowest BCUT2D eigenvalue weighted by Gasteiger charge is -2.21. The van der Waals surface area contributed by atoms with E-state index in [1.807, 2.05) is 20.8 Å². The van der Waals surface area contributed by atoms with Crippen LogP contribution in [0.2, 0.25) is 0 Å². The average Bonchev–Trinajstić information content (AvgIpc) is 1.99. The second-order valence-corrected chi connectivity index (χ2v) is 6.11. The quantitative estimate of drug-likeness (QED) is 0.708. The molecule has 5 heteroatoms. The molecule has 0 aliphatic rings.